The molecular weight excluding hydrogens is 370 g/mol. The molecule has 2 aliphatic heterocycles. The third-order valence-electron chi connectivity index (χ3n) is 5.32. The number of ether oxygens (including phenoxy) is 1. The van der Waals surface area contributed by atoms with Gasteiger partial charge in [-0.2, -0.15) is 0 Å². The molecule has 0 aliphatic carbocycles. The number of allylic oxidation sites excluding steroid dienone is 1. The molecule has 3 N–H and O–H groups in total. The van der Waals surface area contributed by atoms with E-state index in [-0.39, 0.29) is 29.7 Å². The van der Waals surface area contributed by atoms with E-state index < -0.39 is 0 Å². The number of rotatable bonds is 3. The summed E-state index contributed by atoms with van der Waals surface area (Å²) in [5.74, 6) is 0.360. The minimum atomic E-state index is -0.220. The minimum Gasteiger partial charge on any atom is -0.507 e. The van der Waals surface area contributed by atoms with Gasteiger partial charge in [-0.15, -0.1) is 0 Å². The smallest absolute Gasteiger partial charge is 0.234 e. The van der Waals surface area contributed by atoms with Gasteiger partial charge in [0.2, 0.25) is 11.7 Å². The van der Waals surface area contributed by atoms with Crippen LogP contribution in [-0.4, -0.2) is 46.3 Å². The van der Waals surface area contributed by atoms with E-state index in [2.05, 4.69) is 10.3 Å². The van der Waals surface area contributed by atoms with Crippen molar-refractivity contribution >= 4 is 28.7 Å². The van der Waals surface area contributed by atoms with Crippen LogP contribution >= 0.6 is 0 Å². The predicted molar refractivity (Wildman–Crippen MR) is 108 cm³/mol. The molecule has 3 aromatic rings. The number of hydrogen-bond acceptors (Lipinski definition) is 5. The van der Waals surface area contributed by atoms with Crippen LogP contribution in [0.4, 0.5) is 0 Å². The van der Waals surface area contributed by atoms with Gasteiger partial charge >= 0.3 is 0 Å². The van der Waals surface area contributed by atoms with E-state index in [0.717, 1.165) is 16.5 Å². The molecule has 7 nitrogen and oxygen atoms in total. The molecule has 0 spiro atoms. The number of hydrogen-bond donors (Lipinski definition) is 3. The van der Waals surface area contributed by atoms with Gasteiger partial charge in [-0.1, -0.05) is 18.2 Å². The molecule has 0 saturated carbocycles. The van der Waals surface area contributed by atoms with Crippen LogP contribution in [0.2, 0.25) is 0 Å². The Bertz CT molecular complexity index is 1180. The van der Waals surface area contributed by atoms with Crippen molar-refractivity contribution < 1.29 is 19.4 Å². The number of benzene rings is 2. The Morgan fingerprint density at radius 2 is 2.03 bits per heavy atom. The number of H-pyrrole nitrogens is 1. The van der Waals surface area contributed by atoms with Crippen molar-refractivity contribution in [1.82, 2.24) is 15.2 Å². The van der Waals surface area contributed by atoms with Crippen LogP contribution in [0.5, 0.6) is 11.5 Å². The average Bonchev–Trinajstić information content (AvgIpc) is 3.26. The summed E-state index contributed by atoms with van der Waals surface area (Å²) in [5, 5.41) is 14.2. The Morgan fingerprint density at radius 3 is 2.90 bits per heavy atom. The molecule has 1 fully saturated rings. The molecule has 1 amide bonds. The summed E-state index contributed by atoms with van der Waals surface area (Å²) in [7, 11) is 0. The molecular formula is C22H19N3O4. The number of ketones is 1. The number of aromatic hydroxyl groups is 1. The largest absolute Gasteiger partial charge is 0.507 e. The average molecular weight is 389 g/mol. The number of nitrogens with one attached hydrogen (secondary N) is 2. The molecule has 0 radical (unpaired) electrons. The maximum absolute atomic E-state index is 12.9. The third kappa shape index (κ3) is 3.05. The molecule has 29 heavy (non-hydrogen) atoms. The zero-order chi connectivity index (χ0) is 20.0. The Kier molecular flexibility index (Phi) is 4.10. The second-order valence-corrected chi connectivity index (χ2v) is 7.23. The topological polar surface area (TPSA) is 94.7 Å². The normalized spacial score (nSPS) is 18.1. The second-order valence-electron chi connectivity index (χ2n) is 7.23. The number of nitrogens with zero attached hydrogens (tertiary/aromatic N) is 1. The van der Waals surface area contributed by atoms with Crippen molar-refractivity contribution in [3.63, 3.8) is 0 Å². The summed E-state index contributed by atoms with van der Waals surface area (Å²) in [5.41, 5.74) is 2.78. The number of carbonyl (C=O) groups excluding carboxylic acids is 2. The minimum absolute atomic E-state index is 0.0517. The molecule has 146 valence electrons. The van der Waals surface area contributed by atoms with Crippen LogP contribution < -0.4 is 10.1 Å². The number of fused-ring (bicyclic) bond motifs is 2. The molecule has 1 aromatic heterocycles. The highest BCUT2D eigenvalue weighted by Gasteiger charge is 2.32. The lowest BCUT2D eigenvalue weighted by atomic mass is 10.0. The maximum atomic E-state index is 12.9. The van der Waals surface area contributed by atoms with Crippen molar-refractivity contribution in [2.45, 2.75) is 6.54 Å². The highest BCUT2D eigenvalue weighted by atomic mass is 16.5. The van der Waals surface area contributed by atoms with E-state index in [9.17, 15) is 14.7 Å². The van der Waals surface area contributed by atoms with Gasteiger partial charge in [0.15, 0.2) is 5.76 Å². The molecule has 1 saturated heterocycles. The highest BCUT2D eigenvalue weighted by molar-refractivity contribution is 6.15. The number of aromatic nitrogens is 1. The van der Waals surface area contributed by atoms with Crippen LogP contribution in [0.15, 0.2) is 48.4 Å². The van der Waals surface area contributed by atoms with Gasteiger partial charge in [0.05, 0.1) is 17.7 Å². The number of para-hydroxylation sites is 1. The summed E-state index contributed by atoms with van der Waals surface area (Å²) in [6.45, 7) is 1.80. The van der Waals surface area contributed by atoms with E-state index >= 15 is 0 Å². The first-order valence-corrected chi connectivity index (χ1v) is 9.44. The number of carbonyl (C=O) groups is 2. The summed E-state index contributed by atoms with van der Waals surface area (Å²) in [6, 6.07) is 10.9. The van der Waals surface area contributed by atoms with Gasteiger partial charge in [0, 0.05) is 42.3 Å². The van der Waals surface area contributed by atoms with Crippen molar-refractivity contribution in [2.75, 3.05) is 19.6 Å². The fraction of sp³-hybridized carbons (Fsp3) is 0.182. The molecule has 0 atom stereocenters. The van der Waals surface area contributed by atoms with E-state index in [0.29, 0.717) is 36.5 Å². The molecule has 0 unspecified atom stereocenters. The fourth-order valence-electron chi connectivity index (χ4n) is 3.85. The number of phenolic OH excluding ortho intramolecular Hbond substituents is 1. The molecule has 2 aliphatic rings. The first-order valence-electron chi connectivity index (χ1n) is 9.44. The standard InChI is InChI=1S/C22H19N3O4/c26-18-6-5-15-21(28)19(9-13-10-24-17-4-2-1-3-14(13)17)29-22(15)16(18)11-25-8-7-23-20(27)12-25/h1-6,9-10,24,26H,7-8,11-12H2,(H,23,27). The molecule has 5 rings (SSSR count). The number of phenols is 1. The summed E-state index contributed by atoms with van der Waals surface area (Å²) < 4.78 is 5.93. The highest BCUT2D eigenvalue weighted by Crippen LogP contribution is 2.40. The van der Waals surface area contributed by atoms with Crippen LogP contribution in [0.3, 0.4) is 0 Å². The monoisotopic (exact) mass is 389 g/mol. The second kappa shape index (κ2) is 6.79. The Balaban J connectivity index is 1.49. The van der Waals surface area contributed by atoms with Crippen LogP contribution in [0, 0.1) is 0 Å². The number of Topliss-reactive ketones (excluding diaryl/α,β-unsaturated/α-hetero) is 1. The zero-order valence-corrected chi connectivity index (χ0v) is 15.6. The van der Waals surface area contributed by atoms with Gasteiger partial charge in [0.25, 0.3) is 0 Å². The van der Waals surface area contributed by atoms with Gasteiger partial charge in [-0.05, 0) is 24.3 Å². The third-order valence-corrected chi connectivity index (χ3v) is 5.32. The van der Waals surface area contributed by atoms with Gasteiger partial charge in [-0.3, -0.25) is 14.5 Å². The number of aromatic amines is 1. The predicted octanol–water partition coefficient (Wildman–Crippen LogP) is 2.42. The van der Waals surface area contributed by atoms with Gasteiger partial charge < -0.3 is 20.1 Å². The lowest BCUT2D eigenvalue weighted by molar-refractivity contribution is -0.124. The van der Waals surface area contributed by atoms with Crippen molar-refractivity contribution in [3.8, 4) is 11.5 Å². The zero-order valence-electron chi connectivity index (χ0n) is 15.6. The van der Waals surface area contributed by atoms with E-state index in [1.807, 2.05) is 35.4 Å². The SMILES string of the molecule is O=C1CN(Cc2c(O)ccc3c2OC(=Cc2c[nH]c4ccccc24)C3=O)CCN1. The lowest BCUT2D eigenvalue weighted by Gasteiger charge is -2.27. The lowest BCUT2D eigenvalue weighted by Crippen LogP contribution is -2.47. The quantitative estimate of drug-likeness (QED) is 0.598. The molecule has 2 aromatic carbocycles. The van der Waals surface area contributed by atoms with Crippen LogP contribution in [0.1, 0.15) is 21.5 Å². The van der Waals surface area contributed by atoms with Crippen LogP contribution in [0.25, 0.3) is 17.0 Å². The van der Waals surface area contributed by atoms with Crippen molar-refractivity contribution in [3.05, 3.63) is 65.0 Å². The first-order chi connectivity index (χ1) is 14.1. The Hall–Kier alpha value is -3.58. The summed E-state index contributed by atoms with van der Waals surface area (Å²) in [6.07, 6.45) is 3.55. The van der Waals surface area contributed by atoms with Crippen molar-refractivity contribution in [1.29, 1.82) is 0 Å². The maximum Gasteiger partial charge on any atom is 0.234 e. The molecule has 3 heterocycles. The Morgan fingerprint density at radius 1 is 1.17 bits per heavy atom. The van der Waals surface area contributed by atoms with Crippen LogP contribution in [-0.2, 0) is 11.3 Å². The van der Waals surface area contributed by atoms with E-state index in [1.165, 1.54) is 6.07 Å². The van der Waals surface area contributed by atoms with E-state index in [4.69, 9.17) is 4.74 Å². The molecule has 0 bridgehead atoms. The van der Waals surface area contributed by atoms with E-state index in [1.54, 1.807) is 12.1 Å². The number of amides is 1. The first kappa shape index (κ1) is 17.5. The fourth-order valence-corrected chi connectivity index (χ4v) is 3.85. The summed E-state index contributed by atoms with van der Waals surface area (Å²) in [4.78, 5) is 29.7. The molecule has 7 heteroatoms. The Labute approximate surface area is 166 Å². The number of piperazine rings is 1. The van der Waals surface area contributed by atoms with Gasteiger partial charge in [0.1, 0.15) is 11.5 Å². The van der Waals surface area contributed by atoms with Crippen molar-refractivity contribution in [2.24, 2.45) is 0 Å². The van der Waals surface area contributed by atoms with Gasteiger partial charge in [-0.25, -0.2) is 0 Å². The summed E-state index contributed by atoms with van der Waals surface area (Å²) >= 11 is 0.